The SMILES string of the molecule is CCCCCCCCNc1ccccc1-n1cnnn1. The number of benzene rings is 1. The van der Waals surface area contributed by atoms with E-state index in [1.165, 1.54) is 38.5 Å². The second kappa shape index (κ2) is 8.30. The molecule has 1 aromatic heterocycles. The molecule has 0 saturated carbocycles. The van der Waals surface area contributed by atoms with Gasteiger partial charge in [0.1, 0.15) is 6.33 Å². The maximum Gasteiger partial charge on any atom is 0.143 e. The molecule has 5 nitrogen and oxygen atoms in total. The summed E-state index contributed by atoms with van der Waals surface area (Å²) >= 11 is 0. The molecule has 1 heterocycles. The van der Waals surface area contributed by atoms with Gasteiger partial charge < -0.3 is 5.32 Å². The molecule has 5 heteroatoms. The van der Waals surface area contributed by atoms with Crippen molar-refractivity contribution in [1.82, 2.24) is 20.2 Å². The fourth-order valence-corrected chi connectivity index (χ4v) is 2.22. The summed E-state index contributed by atoms with van der Waals surface area (Å²) in [6, 6.07) is 8.10. The van der Waals surface area contributed by atoms with Crippen LogP contribution in [0.15, 0.2) is 30.6 Å². The molecule has 0 unspecified atom stereocenters. The number of aromatic nitrogens is 4. The van der Waals surface area contributed by atoms with E-state index >= 15 is 0 Å². The highest BCUT2D eigenvalue weighted by Gasteiger charge is 2.04. The monoisotopic (exact) mass is 273 g/mol. The molecule has 0 aliphatic heterocycles. The number of nitrogens with zero attached hydrogens (tertiary/aromatic N) is 4. The van der Waals surface area contributed by atoms with E-state index < -0.39 is 0 Å². The van der Waals surface area contributed by atoms with Gasteiger partial charge in [0, 0.05) is 6.54 Å². The first kappa shape index (κ1) is 14.5. The Balaban J connectivity index is 1.79. The van der Waals surface area contributed by atoms with E-state index in [9.17, 15) is 0 Å². The molecule has 0 aliphatic carbocycles. The summed E-state index contributed by atoms with van der Waals surface area (Å²) < 4.78 is 1.68. The summed E-state index contributed by atoms with van der Waals surface area (Å²) in [4.78, 5) is 0. The average molecular weight is 273 g/mol. The molecule has 2 aromatic rings. The van der Waals surface area contributed by atoms with E-state index in [1.807, 2.05) is 18.2 Å². The Morgan fingerprint density at radius 3 is 2.65 bits per heavy atom. The van der Waals surface area contributed by atoms with Crippen LogP contribution in [0.1, 0.15) is 45.4 Å². The van der Waals surface area contributed by atoms with Crippen molar-refractivity contribution < 1.29 is 0 Å². The van der Waals surface area contributed by atoms with Crippen LogP contribution in [0.2, 0.25) is 0 Å². The zero-order valence-electron chi connectivity index (χ0n) is 12.1. The topological polar surface area (TPSA) is 55.6 Å². The summed E-state index contributed by atoms with van der Waals surface area (Å²) in [5.41, 5.74) is 2.07. The van der Waals surface area contributed by atoms with Crippen LogP contribution < -0.4 is 5.32 Å². The number of tetrazole rings is 1. The second-order valence-electron chi connectivity index (χ2n) is 4.97. The van der Waals surface area contributed by atoms with Crippen molar-refractivity contribution in [3.8, 4) is 5.69 Å². The number of hydrogen-bond acceptors (Lipinski definition) is 4. The van der Waals surface area contributed by atoms with Gasteiger partial charge in [-0.3, -0.25) is 0 Å². The molecule has 0 saturated heterocycles. The number of unbranched alkanes of at least 4 members (excludes halogenated alkanes) is 5. The van der Waals surface area contributed by atoms with E-state index in [0.29, 0.717) is 0 Å². The minimum absolute atomic E-state index is 0.989. The van der Waals surface area contributed by atoms with Crippen molar-refractivity contribution in [3.63, 3.8) is 0 Å². The molecule has 0 amide bonds. The molecule has 2 rings (SSSR count). The predicted octanol–water partition coefficient (Wildman–Crippen LogP) is 3.43. The van der Waals surface area contributed by atoms with Crippen LogP contribution in [0.3, 0.4) is 0 Å². The fraction of sp³-hybridized carbons (Fsp3) is 0.533. The van der Waals surface area contributed by atoms with Gasteiger partial charge in [0.05, 0.1) is 11.4 Å². The quantitative estimate of drug-likeness (QED) is 0.711. The molecule has 0 radical (unpaired) electrons. The molecule has 0 aliphatic rings. The lowest BCUT2D eigenvalue weighted by Gasteiger charge is -2.10. The smallest absolute Gasteiger partial charge is 0.143 e. The summed E-state index contributed by atoms with van der Waals surface area (Å²) in [5, 5.41) is 14.8. The molecule has 0 spiro atoms. The number of anilines is 1. The predicted molar refractivity (Wildman–Crippen MR) is 81.0 cm³/mol. The van der Waals surface area contributed by atoms with E-state index in [0.717, 1.165) is 17.9 Å². The molecule has 1 aromatic carbocycles. The van der Waals surface area contributed by atoms with Crippen molar-refractivity contribution in [2.45, 2.75) is 45.4 Å². The third-order valence-electron chi connectivity index (χ3n) is 3.35. The van der Waals surface area contributed by atoms with Crippen LogP contribution in [0.25, 0.3) is 5.69 Å². The Bertz CT molecular complexity index is 481. The Morgan fingerprint density at radius 2 is 1.85 bits per heavy atom. The second-order valence-corrected chi connectivity index (χ2v) is 4.97. The van der Waals surface area contributed by atoms with Gasteiger partial charge in [0.15, 0.2) is 0 Å². The van der Waals surface area contributed by atoms with Gasteiger partial charge in [-0.1, -0.05) is 51.2 Å². The van der Waals surface area contributed by atoms with Crippen LogP contribution in [0.5, 0.6) is 0 Å². The van der Waals surface area contributed by atoms with Gasteiger partial charge in [0.25, 0.3) is 0 Å². The van der Waals surface area contributed by atoms with Crippen LogP contribution in [0, 0.1) is 0 Å². The lowest BCUT2D eigenvalue weighted by atomic mass is 10.1. The van der Waals surface area contributed by atoms with Crippen LogP contribution in [-0.4, -0.2) is 26.8 Å². The summed E-state index contributed by atoms with van der Waals surface area (Å²) in [5.74, 6) is 0. The van der Waals surface area contributed by atoms with Gasteiger partial charge in [-0.2, -0.15) is 4.68 Å². The van der Waals surface area contributed by atoms with Crippen molar-refractivity contribution in [2.75, 3.05) is 11.9 Å². The first-order chi connectivity index (χ1) is 9.92. The summed E-state index contributed by atoms with van der Waals surface area (Å²) in [7, 11) is 0. The third-order valence-corrected chi connectivity index (χ3v) is 3.35. The first-order valence-corrected chi connectivity index (χ1v) is 7.48. The highest BCUT2D eigenvalue weighted by molar-refractivity contribution is 5.60. The summed E-state index contributed by atoms with van der Waals surface area (Å²) in [6.07, 6.45) is 9.47. The lowest BCUT2D eigenvalue weighted by molar-refractivity contribution is 0.617. The molecule has 0 bridgehead atoms. The fourth-order valence-electron chi connectivity index (χ4n) is 2.22. The van der Waals surface area contributed by atoms with E-state index in [4.69, 9.17) is 0 Å². The molecule has 0 atom stereocenters. The standard InChI is InChI=1S/C15H23N5/c1-2-3-4-5-6-9-12-16-14-10-7-8-11-15(14)20-13-17-18-19-20/h7-8,10-11,13,16H,2-6,9,12H2,1H3. The van der Waals surface area contributed by atoms with Crippen LogP contribution in [-0.2, 0) is 0 Å². The Morgan fingerprint density at radius 1 is 1.05 bits per heavy atom. The zero-order chi connectivity index (χ0) is 14.0. The maximum absolute atomic E-state index is 3.94. The Labute approximate surface area is 120 Å². The molecular weight excluding hydrogens is 250 g/mol. The number of para-hydroxylation sites is 2. The number of rotatable bonds is 9. The highest BCUT2D eigenvalue weighted by atomic mass is 15.5. The van der Waals surface area contributed by atoms with Gasteiger partial charge in [-0.15, -0.1) is 5.10 Å². The normalized spacial score (nSPS) is 10.7. The first-order valence-electron chi connectivity index (χ1n) is 7.48. The van der Waals surface area contributed by atoms with E-state index in [-0.39, 0.29) is 0 Å². The third kappa shape index (κ3) is 4.33. The Kier molecular flexibility index (Phi) is 6.02. The maximum atomic E-state index is 3.94. The van der Waals surface area contributed by atoms with E-state index in [2.05, 4.69) is 33.8 Å². The largest absolute Gasteiger partial charge is 0.383 e. The van der Waals surface area contributed by atoms with Crippen molar-refractivity contribution in [1.29, 1.82) is 0 Å². The highest BCUT2D eigenvalue weighted by Crippen LogP contribution is 2.18. The molecule has 108 valence electrons. The summed E-state index contributed by atoms with van der Waals surface area (Å²) in [6.45, 7) is 3.24. The van der Waals surface area contributed by atoms with Crippen molar-refractivity contribution in [2.24, 2.45) is 0 Å². The molecular formula is C15H23N5. The van der Waals surface area contributed by atoms with Crippen LogP contribution in [0.4, 0.5) is 5.69 Å². The van der Waals surface area contributed by atoms with Crippen molar-refractivity contribution >= 4 is 5.69 Å². The number of nitrogens with one attached hydrogen (secondary N) is 1. The average Bonchev–Trinajstić information content (AvgIpc) is 3.01. The van der Waals surface area contributed by atoms with E-state index in [1.54, 1.807) is 11.0 Å². The zero-order valence-corrected chi connectivity index (χ0v) is 12.1. The molecule has 1 N–H and O–H groups in total. The Hall–Kier alpha value is -1.91. The minimum Gasteiger partial charge on any atom is -0.383 e. The lowest BCUT2D eigenvalue weighted by Crippen LogP contribution is -2.06. The molecule has 0 fully saturated rings. The van der Waals surface area contributed by atoms with Gasteiger partial charge in [0.2, 0.25) is 0 Å². The molecule has 20 heavy (non-hydrogen) atoms. The van der Waals surface area contributed by atoms with Gasteiger partial charge in [-0.25, -0.2) is 0 Å². The van der Waals surface area contributed by atoms with Crippen molar-refractivity contribution in [3.05, 3.63) is 30.6 Å². The minimum atomic E-state index is 0.989. The van der Waals surface area contributed by atoms with Crippen LogP contribution >= 0.6 is 0 Å². The van der Waals surface area contributed by atoms with Gasteiger partial charge in [-0.05, 0) is 29.0 Å². The van der Waals surface area contributed by atoms with Gasteiger partial charge >= 0.3 is 0 Å². The number of hydrogen-bond donors (Lipinski definition) is 1.